The van der Waals surface area contributed by atoms with Crippen molar-refractivity contribution in [2.45, 2.75) is 6.04 Å². The van der Waals surface area contributed by atoms with Crippen LogP contribution in [-0.4, -0.2) is 19.3 Å². The second-order valence-corrected chi connectivity index (χ2v) is 1.30. The van der Waals surface area contributed by atoms with Crippen molar-refractivity contribution in [2.24, 2.45) is 5.73 Å². The Bertz CT molecular complexity index is 37.8. The van der Waals surface area contributed by atoms with Gasteiger partial charge in [-0.15, -0.1) is 12.4 Å². The van der Waals surface area contributed by atoms with Crippen molar-refractivity contribution in [3.63, 3.8) is 0 Å². The van der Waals surface area contributed by atoms with Crippen molar-refractivity contribution in [2.75, 3.05) is 13.2 Å². The fourth-order valence-electron chi connectivity index (χ4n) is 0.254. The lowest BCUT2D eigenvalue weighted by molar-refractivity contribution is 0.0121. The monoisotopic (exact) mass is 109 g/mol. The molecule has 0 radical (unpaired) electrons. The fraction of sp³-hybridized carbons (Fsp3) is 1.00. The van der Waals surface area contributed by atoms with Crippen molar-refractivity contribution >= 4 is 12.4 Å². The first-order chi connectivity index (χ1) is 2.39. The van der Waals surface area contributed by atoms with Gasteiger partial charge < -0.3 is 10.5 Å². The van der Waals surface area contributed by atoms with Gasteiger partial charge in [0.05, 0.1) is 19.3 Å². The maximum atomic E-state index is 5.25. The lowest BCUT2D eigenvalue weighted by atomic mass is 10.3. The molecule has 0 aromatic heterocycles. The number of hydrogen-bond donors (Lipinski definition) is 1. The summed E-state index contributed by atoms with van der Waals surface area (Å²) in [6, 6.07) is 0.343. The standard InChI is InChI=1S/C3H7NO.ClH/c4-3-1-5-2-3;/h3H,1-2,4H2;1H. The highest BCUT2D eigenvalue weighted by molar-refractivity contribution is 5.85. The second-order valence-electron chi connectivity index (χ2n) is 1.30. The first-order valence-electron chi connectivity index (χ1n) is 1.73. The lowest BCUT2D eigenvalue weighted by Gasteiger charge is -2.20. The Labute approximate surface area is 43.1 Å². The number of halogens is 1. The normalized spacial score (nSPS) is 21.5. The summed E-state index contributed by atoms with van der Waals surface area (Å²) in [6.07, 6.45) is 0. The van der Waals surface area contributed by atoms with E-state index in [-0.39, 0.29) is 12.4 Å². The van der Waals surface area contributed by atoms with Gasteiger partial charge in [-0.25, -0.2) is 0 Å². The van der Waals surface area contributed by atoms with Gasteiger partial charge in [-0.1, -0.05) is 0 Å². The molecule has 0 amide bonds. The van der Waals surface area contributed by atoms with E-state index in [0.717, 1.165) is 13.2 Å². The van der Waals surface area contributed by atoms with E-state index in [9.17, 15) is 0 Å². The molecule has 1 heterocycles. The van der Waals surface area contributed by atoms with Crippen LogP contribution < -0.4 is 5.73 Å². The third-order valence-corrected chi connectivity index (χ3v) is 0.664. The molecule has 1 aliphatic heterocycles. The summed E-state index contributed by atoms with van der Waals surface area (Å²) in [6.45, 7) is 1.53. The SMILES string of the molecule is Cl.NC1COC1. The highest BCUT2D eigenvalue weighted by Crippen LogP contribution is 1.92. The van der Waals surface area contributed by atoms with E-state index in [1.54, 1.807) is 0 Å². The number of rotatable bonds is 0. The molecule has 0 bridgehead atoms. The maximum absolute atomic E-state index is 5.25. The van der Waals surface area contributed by atoms with Crippen LogP contribution in [-0.2, 0) is 4.74 Å². The van der Waals surface area contributed by atoms with Crippen molar-refractivity contribution in [1.82, 2.24) is 0 Å². The van der Waals surface area contributed by atoms with E-state index in [0.29, 0.717) is 6.04 Å². The molecule has 3 heteroatoms. The summed E-state index contributed by atoms with van der Waals surface area (Å²) in [4.78, 5) is 0. The average Bonchev–Trinajstić information content (AvgIpc) is 1.30. The van der Waals surface area contributed by atoms with Crippen molar-refractivity contribution < 1.29 is 4.74 Å². The highest BCUT2D eigenvalue weighted by Gasteiger charge is 2.10. The van der Waals surface area contributed by atoms with Gasteiger partial charge in [0.25, 0.3) is 0 Å². The zero-order valence-electron chi connectivity index (χ0n) is 3.39. The molecule has 1 saturated heterocycles. The van der Waals surface area contributed by atoms with Crippen molar-refractivity contribution in [3.05, 3.63) is 0 Å². The lowest BCUT2D eigenvalue weighted by Crippen LogP contribution is -2.41. The summed E-state index contributed by atoms with van der Waals surface area (Å²) < 4.78 is 4.71. The zero-order valence-corrected chi connectivity index (χ0v) is 4.20. The van der Waals surface area contributed by atoms with Crippen LogP contribution in [0.25, 0.3) is 0 Å². The smallest absolute Gasteiger partial charge is 0.0640 e. The highest BCUT2D eigenvalue weighted by atomic mass is 35.5. The van der Waals surface area contributed by atoms with Crippen molar-refractivity contribution in [1.29, 1.82) is 0 Å². The Balaban J connectivity index is 0.000000250. The molecule has 0 aromatic rings. The van der Waals surface area contributed by atoms with Crippen LogP contribution in [0.15, 0.2) is 0 Å². The number of ether oxygens (including phenoxy) is 1. The van der Waals surface area contributed by atoms with Crippen LogP contribution in [0.3, 0.4) is 0 Å². The summed E-state index contributed by atoms with van der Waals surface area (Å²) in [5, 5.41) is 0. The Kier molecular flexibility index (Phi) is 2.48. The van der Waals surface area contributed by atoms with Gasteiger partial charge in [0.2, 0.25) is 0 Å². The maximum Gasteiger partial charge on any atom is 0.0640 e. The van der Waals surface area contributed by atoms with Crippen LogP contribution in [0.1, 0.15) is 0 Å². The molecule has 0 saturated carbocycles. The minimum absolute atomic E-state index is 0. The Morgan fingerprint density at radius 1 is 1.50 bits per heavy atom. The molecule has 0 unspecified atom stereocenters. The second kappa shape index (κ2) is 2.39. The Morgan fingerprint density at radius 3 is 1.83 bits per heavy atom. The first-order valence-corrected chi connectivity index (χ1v) is 1.73. The summed E-state index contributed by atoms with van der Waals surface area (Å²) in [5.41, 5.74) is 5.25. The number of nitrogens with two attached hydrogens (primary N) is 1. The molecule has 2 N–H and O–H groups in total. The van der Waals surface area contributed by atoms with Gasteiger partial charge in [-0.2, -0.15) is 0 Å². The minimum Gasteiger partial charge on any atom is -0.378 e. The van der Waals surface area contributed by atoms with E-state index >= 15 is 0 Å². The van der Waals surface area contributed by atoms with E-state index in [1.807, 2.05) is 0 Å². The molecule has 6 heavy (non-hydrogen) atoms. The molecule has 1 aliphatic rings. The molecular formula is C3H8ClNO. The molecule has 0 atom stereocenters. The van der Waals surface area contributed by atoms with Gasteiger partial charge in [0.1, 0.15) is 0 Å². The minimum atomic E-state index is 0. The molecule has 1 rings (SSSR count). The van der Waals surface area contributed by atoms with E-state index in [4.69, 9.17) is 10.5 Å². The summed E-state index contributed by atoms with van der Waals surface area (Å²) in [7, 11) is 0. The molecule has 0 aromatic carbocycles. The van der Waals surface area contributed by atoms with Crippen LogP contribution in [0.5, 0.6) is 0 Å². The molecule has 0 aliphatic carbocycles. The predicted octanol–water partition coefficient (Wildman–Crippen LogP) is -0.234. The summed E-state index contributed by atoms with van der Waals surface area (Å²) in [5.74, 6) is 0. The third kappa shape index (κ3) is 1.12. The Hall–Kier alpha value is 0.210. The molecule has 38 valence electrons. The topological polar surface area (TPSA) is 35.2 Å². The summed E-state index contributed by atoms with van der Waals surface area (Å²) >= 11 is 0. The van der Waals surface area contributed by atoms with Gasteiger partial charge >= 0.3 is 0 Å². The fourth-order valence-corrected chi connectivity index (χ4v) is 0.254. The first kappa shape index (κ1) is 6.21. The molecule has 0 spiro atoms. The average molecular weight is 110 g/mol. The molecule has 2 nitrogen and oxygen atoms in total. The number of hydrogen-bond acceptors (Lipinski definition) is 2. The van der Waals surface area contributed by atoms with Gasteiger partial charge in [0.15, 0.2) is 0 Å². The van der Waals surface area contributed by atoms with Gasteiger partial charge in [-0.05, 0) is 0 Å². The predicted molar refractivity (Wildman–Crippen MR) is 26.0 cm³/mol. The van der Waals surface area contributed by atoms with E-state index < -0.39 is 0 Å². The van der Waals surface area contributed by atoms with E-state index in [2.05, 4.69) is 0 Å². The Morgan fingerprint density at radius 2 is 1.83 bits per heavy atom. The van der Waals surface area contributed by atoms with Crippen LogP contribution in [0.4, 0.5) is 0 Å². The van der Waals surface area contributed by atoms with Crippen LogP contribution in [0, 0.1) is 0 Å². The quantitative estimate of drug-likeness (QED) is 0.466. The largest absolute Gasteiger partial charge is 0.378 e. The van der Waals surface area contributed by atoms with Crippen LogP contribution in [0.2, 0.25) is 0 Å². The third-order valence-electron chi connectivity index (χ3n) is 0.664. The molecular weight excluding hydrogens is 101 g/mol. The van der Waals surface area contributed by atoms with Gasteiger partial charge in [0, 0.05) is 0 Å². The van der Waals surface area contributed by atoms with Gasteiger partial charge in [-0.3, -0.25) is 0 Å². The van der Waals surface area contributed by atoms with Crippen LogP contribution >= 0.6 is 12.4 Å². The van der Waals surface area contributed by atoms with E-state index in [1.165, 1.54) is 0 Å². The zero-order chi connectivity index (χ0) is 3.70. The molecule has 1 fully saturated rings. The van der Waals surface area contributed by atoms with Crippen molar-refractivity contribution in [3.8, 4) is 0 Å².